The molecule has 0 saturated heterocycles. The maximum Gasteiger partial charge on any atom is 0.330 e. The van der Waals surface area contributed by atoms with Crippen molar-refractivity contribution in [3.63, 3.8) is 0 Å². The van der Waals surface area contributed by atoms with E-state index < -0.39 is 17.5 Å². The van der Waals surface area contributed by atoms with E-state index in [9.17, 15) is 9.59 Å². The Morgan fingerprint density at radius 3 is 2.46 bits per heavy atom. The van der Waals surface area contributed by atoms with Crippen LogP contribution in [0.15, 0.2) is 12.7 Å². The van der Waals surface area contributed by atoms with Crippen molar-refractivity contribution < 1.29 is 19.4 Å². The monoisotopic (exact) mass is 186 g/mol. The molecule has 0 radical (unpaired) electrons. The highest BCUT2D eigenvalue weighted by atomic mass is 16.6. The third-order valence-corrected chi connectivity index (χ3v) is 1.79. The summed E-state index contributed by atoms with van der Waals surface area (Å²) in [4.78, 5) is 21.3. The molecule has 0 saturated carbocycles. The fourth-order valence-electron chi connectivity index (χ4n) is 0.838. The average molecular weight is 186 g/mol. The molecule has 0 aromatic carbocycles. The first-order chi connectivity index (χ1) is 5.93. The maximum atomic E-state index is 10.8. The van der Waals surface area contributed by atoms with E-state index in [1.54, 1.807) is 13.8 Å². The summed E-state index contributed by atoms with van der Waals surface area (Å²) in [6, 6.07) is 0. The number of ether oxygens (including phenoxy) is 1. The number of rotatable bonds is 5. The van der Waals surface area contributed by atoms with Crippen LogP contribution in [0.1, 0.15) is 26.7 Å². The van der Waals surface area contributed by atoms with Gasteiger partial charge in [0.05, 0.1) is 6.42 Å². The van der Waals surface area contributed by atoms with Gasteiger partial charge in [-0.25, -0.2) is 4.79 Å². The minimum atomic E-state index is -0.985. The van der Waals surface area contributed by atoms with Gasteiger partial charge in [0.25, 0.3) is 0 Å². The SMILES string of the molecule is C=CC(=O)OC(C)(CC)CC(=O)O. The van der Waals surface area contributed by atoms with Gasteiger partial charge in [0.1, 0.15) is 5.60 Å². The Labute approximate surface area is 77.2 Å². The fourth-order valence-corrected chi connectivity index (χ4v) is 0.838. The molecule has 1 unspecified atom stereocenters. The Kier molecular flexibility index (Phi) is 4.17. The maximum absolute atomic E-state index is 10.8. The molecule has 1 atom stereocenters. The largest absolute Gasteiger partial charge is 0.481 e. The Morgan fingerprint density at radius 1 is 1.62 bits per heavy atom. The summed E-state index contributed by atoms with van der Waals surface area (Å²) in [5, 5.41) is 8.55. The number of carboxylic acid groups (broad SMARTS) is 1. The van der Waals surface area contributed by atoms with Crippen molar-refractivity contribution >= 4 is 11.9 Å². The van der Waals surface area contributed by atoms with Crippen molar-refractivity contribution in [2.45, 2.75) is 32.3 Å². The van der Waals surface area contributed by atoms with Crippen molar-refractivity contribution in [3.05, 3.63) is 12.7 Å². The van der Waals surface area contributed by atoms with E-state index in [0.717, 1.165) is 6.08 Å². The van der Waals surface area contributed by atoms with Crippen molar-refractivity contribution in [3.8, 4) is 0 Å². The Morgan fingerprint density at radius 2 is 2.15 bits per heavy atom. The van der Waals surface area contributed by atoms with E-state index in [2.05, 4.69) is 6.58 Å². The quantitative estimate of drug-likeness (QED) is 0.520. The number of hydrogen-bond acceptors (Lipinski definition) is 3. The summed E-state index contributed by atoms with van der Waals surface area (Å²) in [6.07, 6.45) is 1.29. The molecule has 0 aromatic heterocycles. The van der Waals surface area contributed by atoms with Crippen molar-refractivity contribution in [1.29, 1.82) is 0 Å². The normalized spacial score (nSPS) is 14.3. The first-order valence-corrected chi connectivity index (χ1v) is 4.00. The van der Waals surface area contributed by atoms with Gasteiger partial charge < -0.3 is 9.84 Å². The first kappa shape index (κ1) is 11.7. The van der Waals surface area contributed by atoms with Gasteiger partial charge in [0.2, 0.25) is 0 Å². The van der Waals surface area contributed by atoms with Crippen LogP contribution in [0.25, 0.3) is 0 Å². The molecule has 0 aromatic rings. The van der Waals surface area contributed by atoms with Gasteiger partial charge in [0, 0.05) is 6.08 Å². The molecular formula is C9H14O4. The van der Waals surface area contributed by atoms with Crippen LogP contribution in [0, 0.1) is 0 Å². The molecule has 0 spiro atoms. The summed E-state index contributed by atoms with van der Waals surface area (Å²) >= 11 is 0. The standard InChI is InChI=1S/C9H14O4/c1-4-8(12)13-9(3,5-2)6-7(10)11/h4H,1,5-6H2,2-3H3,(H,10,11). The van der Waals surface area contributed by atoms with Crippen molar-refractivity contribution in [2.24, 2.45) is 0 Å². The molecule has 0 aliphatic heterocycles. The van der Waals surface area contributed by atoms with Gasteiger partial charge in [-0.2, -0.15) is 0 Å². The van der Waals surface area contributed by atoms with E-state index in [4.69, 9.17) is 9.84 Å². The number of esters is 1. The summed E-state index contributed by atoms with van der Waals surface area (Å²) in [5.41, 5.74) is -0.933. The third kappa shape index (κ3) is 4.30. The first-order valence-electron chi connectivity index (χ1n) is 4.00. The zero-order valence-corrected chi connectivity index (χ0v) is 7.87. The minimum Gasteiger partial charge on any atom is -0.481 e. The lowest BCUT2D eigenvalue weighted by atomic mass is 9.99. The average Bonchev–Trinajstić information content (AvgIpc) is 2.02. The Balaban J connectivity index is 4.35. The lowest BCUT2D eigenvalue weighted by molar-refractivity contribution is -0.158. The second-order valence-corrected chi connectivity index (χ2v) is 3.00. The minimum absolute atomic E-state index is 0.191. The molecule has 74 valence electrons. The molecule has 0 fully saturated rings. The Hall–Kier alpha value is -1.32. The van der Waals surface area contributed by atoms with E-state index in [-0.39, 0.29) is 6.42 Å². The van der Waals surface area contributed by atoms with Crippen LogP contribution in [0.3, 0.4) is 0 Å². The van der Waals surface area contributed by atoms with Gasteiger partial charge in [-0.1, -0.05) is 13.5 Å². The molecule has 0 rings (SSSR count). The second-order valence-electron chi connectivity index (χ2n) is 3.00. The van der Waals surface area contributed by atoms with Gasteiger partial charge >= 0.3 is 11.9 Å². The lowest BCUT2D eigenvalue weighted by Crippen LogP contribution is -2.33. The molecule has 0 aliphatic rings. The van der Waals surface area contributed by atoms with Gasteiger partial charge in [-0.15, -0.1) is 0 Å². The highest BCUT2D eigenvalue weighted by molar-refractivity contribution is 5.82. The lowest BCUT2D eigenvalue weighted by Gasteiger charge is -2.25. The van der Waals surface area contributed by atoms with Crippen molar-refractivity contribution in [2.75, 3.05) is 0 Å². The van der Waals surface area contributed by atoms with E-state index >= 15 is 0 Å². The predicted molar refractivity (Wildman–Crippen MR) is 47.2 cm³/mol. The molecule has 0 bridgehead atoms. The van der Waals surface area contributed by atoms with E-state index in [0.29, 0.717) is 6.42 Å². The van der Waals surface area contributed by atoms with Crippen LogP contribution < -0.4 is 0 Å². The third-order valence-electron chi connectivity index (χ3n) is 1.79. The topological polar surface area (TPSA) is 63.6 Å². The molecule has 0 heterocycles. The summed E-state index contributed by atoms with van der Waals surface area (Å²) in [6.45, 7) is 6.59. The number of hydrogen-bond donors (Lipinski definition) is 1. The smallest absolute Gasteiger partial charge is 0.330 e. The number of carboxylic acids is 1. The number of aliphatic carboxylic acids is 1. The van der Waals surface area contributed by atoms with Crippen LogP contribution in [0.4, 0.5) is 0 Å². The summed E-state index contributed by atoms with van der Waals surface area (Å²) in [7, 11) is 0. The van der Waals surface area contributed by atoms with Gasteiger partial charge in [0.15, 0.2) is 0 Å². The van der Waals surface area contributed by atoms with Gasteiger partial charge in [-0.05, 0) is 13.3 Å². The molecule has 13 heavy (non-hydrogen) atoms. The summed E-state index contributed by atoms with van der Waals surface area (Å²) < 4.78 is 4.91. The molecule has 1 N–H and O–H groups in total. The van der Waals surface area contributed by atoms with E-state index in [1.165, 1.54) is 0 Å². The van der Waals surface area contributed by atoms with Crippen LogP contribution in [0.5, 0.6) is 0 Å². The summed E-state index contributed by atoms with van der Waals surface area (Å²) in [5.74, 6) is -1.58. The zero-order chi connectivity index (χ0) is 10.5. The zero-order valence-electron chi connectivity index (χ0n) is 7.87. The Bertz CT molecular complexity index is 222. The second kappa shape index (κ2) is 4.64. The number of carbonyl (C=O) groups excluding carboxylic acids is 1. The predicted octanol–water partition coefficient (Wildman–Crippen LogP) is 1.36. The highest BCUT2D eigenvalue weighted by Crippen LogP contribution is 2.20. The van der Waals surface area contributed by atoms with Crippen molar-refractivity contribution in [1.82, 2.24) is 0 Å². The highest BCUT2D eigenvalue weighted by Gasteiger charge is 2.28. The number of carbonyl (C=O) groups is 2. The molecule has 4 heteroatoms. The molecule has 0 aliphatic carbocycles. The van der Waals surface area contributed by atoms with Crippen LogP contribution >= 0.6 is 0 Å². The molecule has 4 nitrogen and oxygen atoms in total. The fraction of sp³-hybridized carbons (Fsp3) is 0.556. The molecular weight excluding hydrogens is 172 g/mol. The van der Waals surface area contributed by atoms with Gasteiger partial charge in [-0.3, -0.25) is 4.79 Å². The van der Waals surface area contributed by atoms with E-state index in [1.807, 2.05) is 0 Å². The van der Waals surface area contributed by atoms with Crippen LogP contribution in [-0.4, -0.2) is 22.6 Å². The molecule has 0 amide bonds. The van der Waals surface area contributed by atoms with Crippen LogP contribution in [0.2, 0.25) is 0 Å². The van der Waals surface area contributed by atoms with Crippen LogP contribution in [-0.2, 0) is 14.3 Å².